The fourth-order valence-electron chi connectivity index (χ4n) is 5.65. The van der Waals surface area contributed by atoms with Crippen molar-refractivity contribution in [2.45, 2.75) is 91.7 Å². The van der Waals surface area contributed by atoms with Gasteiger partial charge in [-0.1, -0.05) is 57.5 Å². The van der Waals surface area contributed by atoms with E-state index in [0.29, 0.717) is 75.5 Å². The van der Waals surface area contributed by atoms with Gasteiger partial charge in [-0.3, -0.25) is 0 Å². The molecule has 0 saturated heterocycles. The summed E-state index contributed by atoms with van der Waals surface area (Å²) in [6, 6.07) is 14.5. The van der Waals surface area contributed by atoms with Crippen LogP contribution in [0.1, 0.15) is 85.4 Å². The SMILES string of the molecule is CCC(C)SCCOc1c(COC)cc(C)cc1COC.CCC(C)c1ccc(OCCOc2c(COC)cc(COC)c(OC)c2COC)cc1. The maximum Gasteiger partial charge on any atom is 0.134 e. The van der Waals surface area contributed by atoms with E-state index in [4.69, 9.17) is 42.6 Å². The highest BCUT2D eigenvalue weighted by Crippen LogP contribution is 2.37. The third-order valence-corrected chi connectivity index (χ3v) is 9.83. The van der Waals surface area contributed by atoms with Crippen LogP contribution in [0.5, 0.6) is 23.0 Å². The third kappa shape index (κ3) is 14.8. The van der Waals surface area contributed by atoms with E-state index in [0.717, 1.165) is 51.5 Å². The molecule has 0 aliphatic carbocycles. The van der Waals surface area contributed by atoms with Gasteiger partial charge in [0.1, 0.15) is 36.2 Å². The van der Waals surface area contributed by atoms with Crippen LogP contribution in [0.3, 0.4) is 0 Å². The number of methoxy groups -OCH3 is 6. The Balaban J connectivity index is 0.000000389. The molecule has 0 amide bonds. The largest absolute Gasteiger partial charge is 0.496 e. The number of benzene rings is 3. The third-order valence-electron chi connectivity index (χ3n) is 8.53. The summed E-state index contributed by atoms with van der Waals surface area (Å²) in [7, 11) is 10.0. The summed E-state index contributed by atoms with van der Waals surface area (Å²) in [5, 5.41) is 0.684. The zero-order chi connectivity index (χ0) is 38.3. The van der Waals surface area contributed by atoms with Crippen LogP contribution < -0.4 is 18.9 Å². The molecule has 292 valence electrons. The van der Waals surface area contributed by atoms with Crippen LogP contribution in [-0.2, 0) is 56.7 Å². The monoisotopic (exact) mass is 744 g/mol. The second-order valence-corrected chi connectivity index (χ2v) is 14.2. The predicted molar refractivity (Wildman–Crippen MR) is 212 cm³/mol. The summed E-state index contributed by atoms with van der Waals surface area (Å²) in [4.78, 5) is 0. The van der Waals surface area contributed by atoms with Gasteiger partial charge in [-0.05, 0) is 49.4 Å². The van der Waals surface area contributed by atoms with Crippen molar-refractivity contribution < 1.29 is 42.6 Å². The molecule has 3 rings (SSSR count). The van der Waals surface area contributed by atoms with E-state index in [1.807, 2.05) is 30.0 Å². The van der Waals surface area contributed by atoms with E-state index in [1.54, 1.807) is 42.7 Å². The average molecular weight is 745 g/mol. The van der Waals surface area contributed by atoms with Crippen LogP contribution in [0.2, 0.25) is 0 Å². The molecule has 52 heavy (non-hydrogen) atoms. The van der Waals surface area contributed by atoms with Crippen molar-refractivity contribution in [3.8, 4) is 23.0 Å². The van der Waals surface area contributed by atoms with Gasteiger partial charge >= 0.3 is 0 Å². The molecule has 0 heterocycles. The van der Waals surface area contributed by atoms with Crippen molar-refractivity contribution in [1.82, 2.24) is 0 Å². The standard InChI is InChI=1S/C25H36O6.C17H28O3S/c1-7-18(2)19-8-10-22(11-9-19)30-12-13-31-25-21(16-27-4)14-20(15-26-3)24(29-6)23(25)17-28-5;1-6-14(3)21-8-7-20-17-15(11-18-4)9-13(2)10-16(17)12-19-5/h8-11,14,18H,7,12-13,15-17H2,1-6H3;9-10,14H,6-8,11-12H2,1-5H3. The van der Waals surface area contributed by atoms with Gasteiger partial charge in [0, 0.05) is 68.8 Å². The first-order chi connectivity index (χ1) is 25.2. The lowest BCUT2D eigenvalue weighted by atomic mass is 9.99. The minimum atomic E-state index is 0.352. The van der Waals surface area contributed by atoms with Gasteiger partial charge in [0.05, 0.1) is 52.3 Å². The smallest absolute Gasteiger partial charge is 0.134 e. The number of hydrogen-bond acceptors (Lipinski definition) is 10. The molecule has 2 unspecified atom stereocenters. The molecule has 2 atom stereocenters. The lowest BCUT2D eigenvalue weighted by molar-refractivity contribution is 0.157. The summed E-state index contributed by atoms with van der Waals surface area (Å²) in [5.74, 6) is 4.72. The topological polar surface area (TPSA) is 83.1 Å². The predicted octanol–water partition coefficient (Wildman–Crippen LogP) is 9.30. The Labute approximate surface area is 317 Å². The second-order valence-electron chi connectivity index (χ2n) is 12.6. The number of ether oxygens (including phenoxy) is 9. The van der Waals surface area contributed by atoms with Crippen molar-refractivity contribution in [3.05, 3.63) is 81.4 Å². The molecule has 3 aromatic carbocycles. The van der Waals surface area contributed by atoms with Crippen LogP contribution in [0.4, 0.5) is 0 Å². The van der Waals surface area contributed by atoms with Gasteiger partial charge in [0.15, 0.2) is 0 Å². The van der Waals surface area contributed by atoms with Gasteiger partial charge in [0.25, 0.3) is 0 Å². The molecule has 0 aromatic heterocycles. The summed E-state index contributed by atoms with van der Waals surface area (Å²) in [5.41, 5.74) is 7.40. The van der Waals surface area contributed by atoms with Gasteiger partial charge in [0.2, 0.25) is 0 Å². The van der Waals surface area contributed by atoms with E-state index < -0.39 is 0 Å². The minimum absolute atomic E-state index is 0.352. The quantitative estimate of drug-likeness (QED) is 0.0828. The van der Waals surface area contributed by atoms with Crippen LogP contribution in [-0.4, -0.2) is 73.5 Å². The lowest BCUT2D eigenvalue weighted by Gasteiger charge is -2.21. The first kappa shape index (κ1) is 45.2. The fourth-order valence-corrected chi connectivity index (χ4v) is 6.47. The number of aryl methyl sites for hydroxylation is 1. The van der Waals surface area contributed by atoms with E-state index in [9.17, 15) is 0 Å². The van der Waals surface area contributed by atoms with Gasteiger partial charge in [-0.25, -0.2) is 0 Å². The highest BCUT2D eigenvalue weighted by Gasteiger charge is 2.21. The van der Waals surface area contributed by atoms with Crippen LogP contribution >= 0.6 is 11.8 Å². The van der Waals surface area contributed by atoms with Crippen molar-refractivity contribution in [1.29, 1.82) is 0 Å². The second kappa shape index (κ2) is 25.9. The minimum Gasteiger partial charge on any atom is -0.496 e. The summed E-state index contributed by atoms with van der Waals surface area (Å²) in [6.07, 6.45) is 2.31. The fraction of sp³-hybridized carbons (Fsp3) is 0.571. The first-order valence-corrected chi connectivity index (χ1v) is 19.1. The van der Waals surface area contributed by atoms with Gasteiger partial charge in [-0.15, -0.1) is 0 Å². The Kier molecular flexibility index (Phi) is 22.5. The molecule has 10 heteroatoms. The van der Waals surface area contributed by atoms with Gasteiger partial charge in [-0.2, -0.15) is 11.8 Å². The normalized spacial score (nSPS) is 12.1. The van der Waals surface area contributed by atoms with Crippen LogP contribution in [0, 0.1) is 6.92 Å². The molecular formula is C42H64O9S. The molecule has 0 N–H and O–H groups in total. The lowest BCUT2D eigenvalue weighted by Crippen LogP contribution is -2.13. The van der Waals surface area contributed by atoms with Crippen molar-refractivity contribution in [3.63, 3.8) is 0 Å². The zero-order valence-electron chi connectivity index (χ0n) is 33.6. The Morgan fingerprint density at radius 3 is 1.56 bits per heavy atom. The summed E-state index contributed by atoms with van der Waals surface area (Å²) < 4.78 is 50.4. The van der Waals surface area contributed by atoms with Crippen LogP contribution in [0.15, 0.2) is 42.5 Å². The van der Waals surface area contributed by atoms with Gasteiger partial charge < -0.3 is 42.6 Å². The van der Waals surface area contributed by atoms with E-state index in [1.165, 1.54) is 17.5 Å². The highest BCUT2D eigenvalue weighted by molar-refractivity contribution is 7.99. The zero-order valence-corrected chi connectivity index (χ0v) is 34.4. The summed E-state index contributed by atoms with van der Waals surface area (Å²) in [6.45, 7) is 14.8. The Hall–Kier alpha value is -2.99. The highest BCUT2D eigenvalue weighted by atomic mass is 32.2. The van der Waals surface area contributed by atoms with E-state index in [2.05, 4.69) is 58.9 Å². The van der Waals surface area contributed by atoms with Crippen molar-refractivity contribution in [2.75, 3.05) is 68.2 Å². The molecular weight excluding hydrogens is 681 g/mol. The maximum atomic E-state index is 6.14. The molecule has 0 aliphatic heterocycles. The molecule has 0 aliphatic rings. The average Bonchev–Trinajstić information content (AvgIpc) is 3.14. The molecule has 0 fully saturated rings. The number of hydrogen-bond donors (Lipinski definition) is 0. The van der Waals surface area contributed by atoms with E-state index in [-0.39, 0.29) is 0 Å². The number of rotatable bonds is 24. The Bertz CT molecular complexity index is 1390. The maximum absolute atomic E-state index is 6.14. The van der Waals surface area contributed by atoms with Crippen molar-refractivity contribution >= 4 is 11.8 Å². The van der Waals surface area contributed by atoms with Crippen molar-refractivity contribution in [2.24, 2.45) is 0 Å². The van der Waals surface area contributed by atoms with E-state index >= 15 is 0 Å². The number of thioether (sulfide) groups is 1. The molecule has 0 radical (unpaired) electrons. The van der Waals surface area contributed by atoms with Crippen LogP contribution in [0.25, 0.3) is 0 Å². The first-order valence-electron chi connectivity index (χ1n) is 18.1. The summed E-state index contributed by atoms with van der Waals surface area (Å²) >= 11 is 1.95. The Morgan fingerprint density at radius 1 is 0.558 bits per heavy atom. The molecule has 9 nitrogen and oxygen atoms in total. The Morgan fingerprint density at radius 2 is 1.06 bits per heavy atom. The molecule has 0 spiro atoms. The molecule has 0 saturated carbocycles. The molecule has 3 aromatic rings. The molecule has 0 bridgehead atoms.